The van der Waals surface area contributed by atoms with Gasteiger partial charge >= 0.3 is 0 Å². The molecular weight excluding hydrogens is 356 g/mol. The van der Waals surface area contributed by atoms with Crippen LogP contribution < -0.4 is 10.0 Å². The predicted octanol–water partition coefficient (Wildman–Crippen LogP) is 1.91. The van der Waals surface area contributed by atoms with E-state index in [1.165, 1.54) is 12.1 Å². The van der Waals surface area contributed by atoms with Crippen LogP contribution in [0.15, 0.2) is 27.6 Å². The highest BCUT2D eigenvalue weighted by Gasteiger charge is 2.18. The second kappa shape index (κ2) is 7.23. The number of hydrogen-bond acceptors (Lipinski definition) is 3. The summed E-state index contributed by atoms with van der Waals surface area (Å²) in [5.41, 5.74) is 0. The first-order valence-electron chi connectivity index (χ1n) is 5.58. The Kier molecular flexibility index (Phi) is 6.25. The van der Waals surface area contributed by atoms with Crippen molar-refractivity contribution in [1.82, 2.24) is 10.0 Å². The van der Waals surface area contributed by atoms with E-state index in [0.717, 1.165) is 6.42 Å². The molecule has 0 saturated carbocycles. The Morgan fingerprint density at radius 2 is 2.11 bits per heavy atom. The average molecular weight is 370 g/mol. The van der Waals surface area contributed by atoms with Crippen LogP contribution in [0.3, 0.4) is 0 Å². The molecule has 1 rings (SSSR count). The maximum atomic E-state index is 12.0. The Hall–Kier alpha value is -0.630. The normalized spacial score (nSPS) is 11.3. The van der Waals surface area contributed by atoms with Crippen LogP contribution in [0.4, 0.5) is 0 Å². The first kappa shape index (κ1) is 16.4. The van der Waals surface area contributed by atoms with Crippen molar-refractivity contribution in [3.05, 3.63) is 27.7 Å². The smallest absolute Gasteiger partial charge is 0.242 e. The molecule has 19 heavy (non-hydrogen) atoms. The predicted molar refractivity (Wildman–Crippen MR) is 77.6 cm³/mol. The van der Waals surface area contributed by atoms with E-state index < -0.39 is 10.0 Å². The molecule has 106 valence electrons. The summed E-state index contributed by atoms with van der Waals surface area (Å²) in [5, 5.41) is 2.67. The van der Waals surface area contributed by atoms with Crippen LogP contribution in [-0.4, -0.2) is 27.4 Å². The molecule has 0 radical (unpaired) electrons. The minimum atomic E-state index is -3.79. The Morgan fingerprint density at radius 1 is 1.42 bits per heavy atom. The molecule has 0 bridgehead atoms. The zero-order valence-electron chi connectivity index (χ0n) is 10.2. The minimum Gasteiger partial charge on any atom is -0.355 e. The number of halogens is 2. The summed E-state index contributed by atoms with van der Waals surface area (Å²) >= 11 is 9.05. The Balaban J connectivity index is 2.73. The Labute approximate surface area is 125 Å². The molecule has 0 saturated heterocycles. The van der Waals surface area contributed by atoms with Crippen molar-refractivity contribution < 1.29 is 13.2 Å². The van der Waals surface area contributed by atoms with Gasteiger partial charge in [0, 0.05) is 11.0 Å². The molecule has 0 aliphatic carbocycles. The topological polar surface area (TPSA) is 75.3 Å². The van der Waals surface area contributed by atoms with Crippen LogP contribution in [-0.2, 0) is 14.8 Å². The molecule has 0 atom stereocenters. The van der Waals surface area contributed by atoms with Gasteiger partial charge in [0.25, 0.3) is 0 Å². The van der Waals surface area contributed by atoms with Gasteiger partial charge in [-0.3, -0.25) is 4.79 Å². The Morgan fingerprint density at radius 3 is 2.68 bits per heavy atom. The van der Waals surface area contributed by atoms with Crippen molar-refractivity contribution in [2.75, 3.05) is 13.1 Å². The average Bonchev–Trinajstić information content (AvgIpc) is 2.33. The fourth-order valence-electron chi connectivity index (χ4n) is 1.26. The molecule has 0 spiro atoms. The third-order valence-corrected chi connectivity index (χ3v) is 4.56. The molecular formula is C11H14BrClN2O3S. The number of hydrogen-bond donors (Lipinski definition) is 2. The van der Waals surface area contributed by atoms with E-state index in [4.69, 9.17) is 11.6 Å². The number of benzene rings is 1. The van der Waals surface area contributed by atoms with Gasteiger partial charge in [-0.05, 0) is 24.6 Å². The minimum absolute atomic E-state index is 0.0549. The number of rotatable bonds is 6. The number of amides is 1. The Bertz CT molecular complexity index is 563. The maximum Gasteiger partial charge on any atom is 0.242 e. The second-order valence-electron chi connectivity index (χ2n) is 3.75. The number of carbonyl (C=O) groups excluding carboxylic acids is 1. The van der Waals surface area contributed by atoms with E-state index in [-0.39, 0.29) is 22.4 Å². The van der Waals surface area contributed by atoms with Crippen molar-refractivity contribution >= 4 is 43.5 Å². The number of carbonyl (C=O) groups is 1. The van der Waals surface area contributed by atoms with Crippen molar-refractivity contribution in [1.29, 1.82) is 0 Å². The fraction of sp³-hybridized carbons (Fsp3) is 0.364. The first-order valence-corrected chi connectivity index (χ1v) is 8.23. The summed E-state index contributed by atoms with van der Waals surface area (Å²) in [7, 11) is -3.79. The van der Waals surface area contributed by atoms with E-state index >= 15 is 0 Å². The van der Waals surface area contributed by atoms with E-state index in [0.29, 0.717) is 11.0 Å². The molecule has 0 aliphatic heterocycles. The molecule has 0 fully saturated rings. The lowest BCUT2D eigenvalue weighted by Crippen LogP contribution is -2.37. The van der Waals surface area contributed by atoms with Gasteiger partial charge in [0.1, 0.15) is 4.90 Å². The molecule has 2 N–H and O–H groups in total. The lowest BCUT2D eigenvalue weighted by Gasteiger charge is -2.08. The summed E-state index contributed by atoms with van der Waals surface area (Å²) < 4.78 is 26.8. The second-order valence-corrected chi connectivity index (χ2v) is 6.81. The van der Waals surface area contributed by atoms with E-state index in [1.54, 1.807) is 6.07 Å². The lowest BCUT2D eigenvalue weighted by atomic mass is 10.4. The summed E-state index contributed by atoms with van der Waals surface area (Å²) in [6.45, 7) is 2.11. The summed E-state index contributed by atoms with van der Waals surface area (Å²) in [4.78, 5) is 11.3. The van der Waals surface area contributed by atoms with Crippen molar-refractivity contribution in [3.63, 3.8) is 0 Å². The van der Waals surface area contributed by atoms with Gasteiger partial charge in [0.15, 0.2) is 0 Å². The third kappa shape index (κ3) is 5.10. The van der Waals surface area contributed by atoms with Gasteiger partial charge in [0.05, 0.1) is 11.6 Å². The van der Waals surface area contributed by atoms with E-state index in [2.05, 4.69) is 26.0 Å². The van der Waals surface area contributed by atoms with Crippen LogP contribution in [0.2, 0.25) is 5.02 Å². The zero-order chi connectivity index (χ0) is 14.5. The van der Waals surface area contributed by atoms with E-state index in [9.17, 15) is 13.2 Å². The molecule has 8 heteroatoms. The first-order chi connectivity index (χ1) is 8.86. The highest BCUT2D eigenvalue weighted by atomic mass is 79.9. The molecule has 0 heterocycles. The summed E-state index contributed by atoms with van der Waals surface area (Å²) in [6, 6.07) is 4.42. The maximum absolute atomic E-state index is 12.0. The monoisotopic (exact) mass is 368 g/mol. The largest absolute Gasteiger partial charge is 0.355 e. The van der Waals surface area contributed by atoms with Crippen LogP contribution in [0, 0.1) is 0 Å². The van der Waals surface area contributed by atoms with Crippen LogP contribution >= 0.6 is 27.5 Å². The van der Waals surface area contributed by atoms with Crippen molar-refractivity contribution in [2.24, 2.45) is 0 Å². The molecule has 1 aromatic rings. The fourth-order valence-corrected chi connectivity index (χ4v) is 3.28. The quantitative estimate of drug-likeness (QED) is 0.804. The molecule has 0 unspecified atom stereocenters. The number of nitrogens with one attached hydrogen (secondary N) is 2. The standard InChI is InChI=1S/C11H14BrClN2O3S/c1-2-5-14-11(16)7-15-19(17,18)10-4-3-8(12)6-9(10)13/h3-4,6,15H,2,5,7H2,1H3,(H,14,16). The third-order valence-electron chi connectivity index (χ3n) is 2.18. The molecule has 1 aromatic carbocycles. The molecule has 0 aromatic heterocycles. The summed E-state index contributed by atoms with van der Waals surface area (Å²) in [5.74, 6) is -0.376. The van der Waals surface area contributed by atoms with Crippen LogP contribution in [0.25, 0.3) is 0 Å². The van der Waals surface area contributed by atoms with Gasteiger partial charge in [-0.15, -0.1) is 0 Å². The highest BCUT2D eigenvalue weighted by Crippen LogP contribution is 2.24. The molecule has 1 amide bonds. The van der Waals surface area contributed by atoms with Crippen LogP contribution in [0.5, 0.6) is 0 Å². The van der Waals surface area contributed by atoms with Gasteiger partial charge in [-0.2, -0.15) is 0 Å². The summed E-state index contributed by atoms with van der Waals surface area (Å²) in [6.07, 6.45) is 0.789. The van der Waals surface area contributed by atoms with Gasteiger partial charge in [-0.1, -0.05) is 34.5 Å². The van der Waals surface area contributed by atoms with Gasteiger partial charge in [0.2, 0.25) is 15.9 Å². The van der Waals surface area contributed by atoms with Crippen molar-refractivity contribution in [2.45, 2.75) is 18.2 Å². The highest BCUT2D eigenvalue weighted by molar-refractivity contribution is 9.10. The lowest BCUT2D eigenvalue weighted by molar-refractivity contribution is -0.119. The molecule has 5 nitrogen and oxygen atoms in total. The van der Waals surface area contributed by atoms with E-state index in [1.807, 2.05) is 6.92 Å². The molecule has 0 aliphatic rings. The van der Waals surface area contributed by atoms with Crippen molar-refractivity contribution in [3.8, 4) is 0 Å². The number of sulfonamides is 1. The SMILES string of the molecule is CCCNC(=O)CNS(=O)(=O)c1ccc(Br)cc1Cl. The zero-order valence-corrected chi connectivity index (χ0v) is 13.4. The van der Waals surface area contributed by atoms with Gasteiger partial charge < -0.3 is 5.32 Å². The van der Waals surface area contributed by atoms with Gasteiger partial charge in [-0.25, -0.2) is 13.1 Å². The van der Waals surface area contributed by atoms with Crippen LogP contribution in [0.1, 0.15) is 13.3 Å².